The van der Waals surface area contributed by atoms with Crippen molar-refractivity contribution in [1.82, 2.24) is 0 Å². The second-order valence-electron chi connectivity index (χ2n) is 7.14. The highest BCUT2D eigenvalue weighted by atomic mass is 127. The summed E-state index contributed by atoms with van der Waals surface area (Å²) in [4.78, 5) is 5.10. The van der Waals surface area contributed by atoms with Crippen molar-refractivity contribution >= 4 is 34.0 Å². The Balaban J connectivity index is 1.92. The third-order valence-electron chi connectivity index (χ3n) is 4.92. The van der Waals surface area contributed by atoms with Crippen LogP contribution in [0.4, 0.5) is 11.4 Å². The lowest BCUT2D eigenvalue weighted by atomic mass is 10.0. The van der Waals surface area contributed by atoms with Crippen LogP contribution in [0, 0.1) is 34.6 Å². The zero-order valence-corrected chi connectivity index (χ0v) is 17.6. The monoisotopic (exact) mass is 434 g/mol. The Hall–Kier alpha value is -1.23. The maximum absolute atomic E-state index is 2.56. The van der Waals surface area contributed by atoms with Crippen LogP contribution in [0.3, 0.4) is 0 Å². The van der Waals surface area contributed by atoms with Gasteiger partial charge in [-0.05, 0) is 56.9 Å². The van der Waals surface area contributed by atoms with E-state index >= 15 is 0 Å². The number of nitrogens with zero attached hydrogens (tertiary/aromatic N) is 2. The van der Waals surface area contributed by atoms with Gasteiger partial charge in [0.05, 0.1) is 6.67 Å². The molecule has 0 amide bonds. The zero-order chi connectivity index (χ0) is 17.4. The number of hydrogen-bond acceptors (Lipinski definition) is 2. The summed E-state index contributed by atoms with van der Waals surface area (Å²) in [5.74, 6) is 0. The smallest absolute Gasteiger partial charge is 0.0904 e. The van der Waals surface area contributed by atoms with Crippen LogP contribution in [0.2, 0.25) is 0 Å². The largest absolute Gasteiger partial charge is 0.352 e. The number of hydrogen-bond donors (Lipinski definition) is 0. The summed E-state index contributed by atoms with van der Waals surface area (Å²) in [7, 11) is 0. The third kappa shape index (κ3) is 3.28. The quantitative estimate of drug-likeness (QED) is 0.469. The molecule has 2 aromatic rings. The normalized spacial score (nSPS) is 14.6. The van der Waals surface area contributed by atoms with Gasteiger partial charge in [0.1, 0.15) is 0 Å². The van der Waals surface area contributed by atoms with Gasteiger partial charge < -0.3 is 9.80 Å². The highest BCUT2D eigenvalue weighted by Gasteiger charge is 2.25. The molecule has 0 aliphatic carbocycles. The second-order valence-corrected chi connectivity index (χ2v) is 7.90. The van der Waals surface area contributed by atoms with Crippen LogP contribution in [0.1, 0.15) is 33.4 Å². The van der Waals surface area contributed by atoms with E-state index in [0.29, 0.717) is 0 Å². The number of aryl methyl sites for hydroxylation is 5. The summed E-state index contributed by atoms with van der Waals surface area (Å²) in [5.41, 5.74) is 11.2. The lowest BCUT2D eigenvalue weighted by molar-refractivity contribution is 0.930. The van der Waals surface area contributed by atoms with Gasteiger partial charge in [-0.1, -0.05) is 58.0 Å². The van der Waals surface area contributed by atoms with Gasteiger partial charge in [0.25, 0.3) is 0 Å². The van der Waals surface area contributed by atoms with Crippen molar-refractivity contribution in [3.8, 4) is 0 Å². The lowest BCUT2D eigenvalue weighted by Gasteiger charge is -2.27. The van der Waals surface area contributed by atoms with Gasteiger partial charge in [-0.25, -0.2) is 0 Å². The number of halogens is 1. The Labute approximate surface area is 160 Å². The molecule has 128 valence electrons. The van der Waals surface area contributed by atoms with E-state index in [1.54, 1.807) is 0 Å². The minimum absolute atomic E-state index is 0.984. The maximum Gasteiger partial charge on any atom is 0.0904 e. The number of alkyl halides is 1. The second kappa shape index (κ2) is 6.95. The highest BCUT2D eigenvalue weighted by molar-refractivity contribution is 14.1. The van der Waals surface area contributed by atoms with Gasteiger partial charge in [-0.3, -0.25) is 0 Å². The van der Waals surface area contributed by atoms with E-state index in [9.17, 15) is 0 Å². The minimum atomic E-state index is 0.984. The van der Waals surface area contributed by atoms with Crippen molar-refractivity contribution < 1.29 is 0 Å². The molecule has 0 unspecified atom stereocenters. The molecule has 1 aliphatic rings. The first-order valence-electron chi connectivity index (χ1n) is 8.64. The van der Waals surface area contributed by atoms with Crippen LogP contribution >= 0.6 is 22.6 Å². The molecule has 0 bridgehead atoms. The van der Waals surface area contributed by atoms with Crippen LogP contribution in [0.15, 0.2) is 24.3 Å². The average molecular weight is 434 g/mol. The molecule has 0 spiro atoms. The van der Waals surface area contributed by atoms with E-state index in [0.717, 1.165) is 24.2 Å². The van der Waals surface area contributed by atoms with E-state index in [4.69, 9.17) is 0 Å². The molecule has 0 atom stereocenters. The Morgan fingerprint density at radius 3 is 1.75 bits per heavy atom. The molecule has 1 saturated heterocycles. The summed E-state index contributed by atoms with van der Waals surface area (Å²) < 4.78 is 1.06. The van der Waals surface area contributed by atoms with Gasteiger partial charge in [-0.15, -0.1) is 0 Å². The molecule has 0 radical (unpaired) electrons. The van der Waals surface area contributed by atoms with Crippen molar-refractivity contribution in [2.24, 2.45) is 0 Å². The number of benzene rings is 2. The SMILES string of the molecule is Cc1cc(C)c(N2CCN(c3c(C)cc(C)cc3CI)C2)c(C)c1. The van der Waals surface area contributed by atoms with Crippen LogP contribution in [-0.4, -0.2) is 19.8 Å². The summed E-state index contributed by atoms with van der Waals surface area (Å²) in [6.45, 7) is 14.3. The molecule has 24 heavy (non-hydrogen) atoms. The van der Waals surface area contributed by atoms with Crippen LogP contribution in [0.5, 0.6) is 0 Å². The Morgan fingerprint density at radius 1 is 0.750 bits per heavy atom. The van der Waals surface area contributed by atoms with Crippen molar-refractivity contribution in [3.63, 3.8) is 0 Å². The first kappa shape index (κ1) is 17.6. The topological polar surface area (TPSA) is 6.48 Å². The van der Waals surface area contributed by atoms with Crippen molar-refractivity contribution in [2.45, 2.75) is 39.0 Å². The van der Waals surface area contributed by atoms with E-state index in [-0.39, 0.29) is 0 Å². The molecule has 3 heteroatoms. The molecule has 2 aromatic carbocycles. The minimum Gasteiger partial charge on any atom is -0.352 e. The summed E-state index contributed by atoms with van der Waals surface area (Å²) in [6.07, 6.45) is 0. The molecule has 0 aromatic heterocycles. The maximum atomic E-state index is 2.56. The van der Waals surface area contributed by atoms with Gasteiger partial charge in [-0.2, -0.15) is 0 Å². The van der Waals surface area contributed by atoms with Gasteiger partial charge in [0, 0.05) is 28.9 Å². The van der Waals surface area contributed by atoms with E-state index in [1.165, 1.54) is 44.8 Å². The number of anilines is 2. The van der Waals surface area contributed by atoms with Crippen LogP contribution in [0.25, 0.3) is 0 Å². The molecule has 1 fully saturated rings. The fraction of sp³-hybridized carbons (Fsp3) is 0.429. The molecule has 2 nitrogen and oxygen atoms in total. The van der Waals surface area contributed by atoms with Gasteiger partial charge in [0.2, 0.25) is 0 Å². The Kier molecular flexibility index (Phi) is 5.09. The number of rotatable bonds is 3. The van der Waals surface area contributed by atoms with Crippen molar-refractivity contribution in [3.05, 3.63) is 57.6 Å². The van der Waals surface area contributed by atoms with Crippen molar-refractivity contribution in [2.75, 3.05) is 29.6 Å². The van der Waals surface area contributed by atoms with Crippen molar-refractivity contribution in [1.29, 1.82) is 0 Å². The molecule has 1 heterocycles. The first-order chi connectivity index (χ1) is 11.4. The fourth-order valence-corrected chi connectivity index (χ4v) is 4.81. The van der Waals surface area contributed by atoms with E-state index in [2.05, 4.69) is 91.3 Å². The van der Waals surface area contributed by atoms with Gasteiger partial charge in [0.15, 0.2) is 0 Å². The standard InChI is InChI=1S/C21H27IN2/c1-14-8-16(3)20(17(4)9-14)23-6-7-24(13-23)21-18(5)10-15(2)11-19(21)12-22/h8-11H,6-7,12-13H2,1-5H3. The van der Waals surface area contributed by atoms with Gasteiger partial charge >= 0.3 is 0 Å². The summed E-state index contributed by atoms with van der Waals surface area (Å²) >= 11 is 2.49. The predicted molar refractivity (Wildman–Crippen MR) is 114 cm³/mol. The fourth-order valence-electron chi connectivity index (χ4n) is 4.23. The molecular formula is C21H27IN2. The molecule has 1 aliphatic heterocycles. The summed E-state index contributed by atoms with van der Waals surface area (Å²) in [5, 5.41) is 0. The van der Waals surface area contributed by atoms with E-state index in [1.807, 2.05) is 0 Å². The van der Waals surface area contributed by atoms with E-state index < -0.39 is 0 Å². The summed E-state index contributed by atoms with van der Waals surface area (Å²) in [6, 6.07) is 9.27. The first-order valence-corrected chi connectivity index (χ1v) is 10.2. The van der Waals surface area contributed by atoms with Crippen LogP contribution in [-0.2, 0) is 4.43 Å². The lowest BCUT2D eigenvalue weighted by Crippen LogP contribution is -2.27. The predicted octanol–water partition coefficient (Wildman–Crippen LogP) is 5.45. The molecule has 3 rings (SSSR count). The molecular weight excluding hydrogens is 407 g/mol. The third-order valence-corrected chi connectivity index (χ3v) is 5.74. The Morgan fingerprint density at radius 2 is 1.21 bits per heavy atom. The highest BCUT2D eigenvalue weighted by Crippen LogP contribution is 2.34. The van der Waals surface area contributed by atoms with Crippen LogP contribution < -0.4 is 9.80 Å². The molecule has 0 N–H and O–H groups in total. The Bertz CT molecular complexity index is 744. The molecule has 0 saturated carbocycles. The zero-order valence-electron chi connectivity index (χ0n) is 15.4. The average Bonchev–Trinajstić information content (AvgIpc) is 2.94.